The lowest BCUT2D eigenvalue weighted by molar-refractivity contribution is 0.0697. The summed E-state index contributed by atoms with van der Waals surface area (Å²) in [5.74, 6) is -0.404. The minimum absolute atomic E-state index is 0.170. The number of carboxylic acid groups (broad SMARTS) is 1. The summed E-state index contributed by atoms with van der Waals surface area (Å²) < 4.78 is 5.25. The van der Waals surface area contributed by atoms with Crippen molar-refractivity contribution in [3.8, 4) is 0 Å². The summed E-state index contributed by atoms with van der Waals surface area (Å²) in [6.45, 7) is 1.49. The average molecular weight is 222 g/mol. The fraction of sp³-hybridized carbons (Fsp3) is 0.455. The third kappa shape index (κ3) is 1.99. The van der Waals surface area contributed by atoms with Gasteiger partial charge < -0.3 is 14.7 Å². The highest BCUT2D eigenvalue weighted by Crippen LogP contribution is 2.22. The van der Waals surface area contributed by atoms with Crippen molar-refractivity contribution < 1.29 is 14.6 Å². The molecule has 0 bridgehead atoms. The molecule has 2 heterocycles. The number of pyridine rings is 1. The number of methoxy groups -OCH3 is 1. The van der Waals surface area contributed by atoms with Crippen molar-refractivity contribution in [2.75, 3.05) is 25.1 Å². The molecule has 2 rings (SSSR count). The summed E-state index contributed by atoms with van der Waals surface area (Å²) >= 11 is 0. The highest BCUT2D eigenvalue weighted by molar-refractivity contribution is 5.93. The van der Waals surface area contributed by atoms with Gasteiger partial charge in [-0.05, 0) is 18.6 Å². The van der Waals surface area contributed by atoms with Crippen molar-refractivity contribution in [1.29, 1.82) is 0 Å². The molecule has 0 amide bonds. The molecule has 0 aromatic carbocycles. The van der Waals surface area contributed by atoms with Crippen LogP contribution < -0.4 is 4.90 Å². The van der Waals surface area contributed by atoms with Gasteiger partial charge in [-0.25, -0.2) is 9.78 Å². The Morgan fingerprint density at radius 3 is 3.12 bits per heavy atom. The van der Waals surface area contributed by atoms with Gasteiger partial charge in [0.15, 0.2) is 0 Å². The number of hydrogen-bond donors (Lipinski definition) is 1. The number of carboxylic acids is 1. The monoisotopic (exact) mass is 222 g/mol. The van der Waals surface area contributed by atoms with Crippen LogP contribution in [-0.4, -0.2) is 42.4 Å². The predicted molar refractivity (Wildman–Crippen MR) is 58.8 cm³/mol. The highest BCUT2D eigenvalue weighted by Gasteiger charge is 2.26. The van der Waals surface area contributed by atoms with Gasteiger partial charge >= 0.3 is 5.97 Å². The SMILES string of the molecule is CO[C@H]1CCN(c2ncccc2C(=O)O)C1. The van der Waals surface area contributed by atoms with Crippen LogP contribution in [-0.2, 0) is 4.74 Å². The summed E-state index contributed by atoms with van der Waals surface area (Å²) in [6, 6.07) is 3.21. The third-order valence-corrected chi connectivity index (χ3v) is 2.79. The van der Waals surface area contributed by atoms with Crippen LogP contribution in [0.15, 0.2) is 18.3 Å². The van der Waals surface area contributed by atoms with E-state index in [2.05, 4.69) is 4.98 Å². The van der Waals surface area contributed by atoms with E-state index < -0.39 is 5.97 Å². The smallest absolute Gasteiger partial charge is 0.339 e. The fourth-order valence-electron chi connectivity index (χ4n) is 1.93. The number of hydrogen-bond acceptors (Lipinski definition) is 4. The Balaban J connectivity index is 2.24. The molecule has 1 N–H and O–H groups in total. The summed E-state index contributed by atoms with van der Waals surface area (Å²) in [5, 5.41) is 9.05. The first-order valence-corrected chi connectivity index (χ1v) is 5.18. The largest absolute Gasteiger partial charge is 0.478 e. The second-order valence-corrected chi connectivity index (χ2v) is 3.77. The van der Waals surface area contributed by atoms with Gasteiger partial charge in [0, 0.05) is 26.4 Å². The number of ether oxygens (including phenoxy) is 1. The molecule has 86 valence electrons. The molecule has 1 aliphatic rings. The van der Waals surface area contributed by atoms with Crippen LogP contribution in [0.25, 0.3) is 0 Å². The first kappa shape index (κ1) is 10.9. The van der Waals surface area contributed by atoms with Crippen molar-refractivity contribution in [2.45, 2.75) is 12.5 Å². The molecule has 5 heteroatoms. The molecule has 1 aliphatic heterocycles. The molecule has 5 nitrogen and oxygen atoms in total. The van der Waals surface area contributed by atoms with Gasteiger partial charge in [0.25, 0.3) is 0 Å². The molecule has 16 heavy (non-hydrogen) atoms. The Labute approximate surface area is 93.7 Å². The van der Waals surface area contributed by atoms with Crippen molar-refractivity contribution in [3.63, 3.8) is 0 Å². The molecular weight excluding hydrogens is 208 g/mol. The molecule has 1 saturated heterocycles. The van der Waals surface area contributed by atoms with Crippen LogP contribution in [0.4, 0.5) is 5.82 Å². The number of nitrogens with zero attached hydrogens (tertiary/aromatic N) is 2. The van der Waals surface area contributed by atoms with Crippen LogP contribution in [0, 0.1) is 0 Å². The van der Waals surface area contributed by atoms with Crippen LogP contribution in [0.2, 0.25) is 0 Å². The van der Waals surface area contributed by atoms with Gasteiger partial charge in [0.05, 0.1) is 6.10 Å². The lowest BCUT2D eigenvalue weighted by Gasteiger charge is -2.18. The third-order valence-electron chi connectivity index (χ3n) is 2.79. The van der Waals surface area contributed by atoms with Crippen molar-refractivity contribution in [1.82, 2.24) is 4.98 Å². The minimum Gasteiger partial charge on any atom is -0.478 e. The topological polar surface area (TPSA) is 62.7 Å². The van der Waals surface area contributed by atoms with Gasteiger partial charge in [-0.2, -0.15) is 0 Å². The van der Waals surface area contributed by atoms with E-state index in [-0.39, 0.29) is 11.7 Å². The maximum Gasteiger partial charge on any atom is 0.339 e. The Hall–Kier alpha value is -1.62. The summed E-state index contributed by atoms with van der Waals surface area (Å²) in [4.78, 5) is 17.1. The van der Waals surface area contributed by atoms with Gasteiger partial charge in [-0.1, -0.05) is 0 Å². The molecule has 1 fully saturated rings. The lowest BCUT2D eigenvalue weighted by Crippen LogP contribution is -2.25. The number of aromatic carboxylic acids is 1. The average Bonchev–Trinajstić information content (AvgIpc) is 2.77. The zero-order chi connectivity index (χ0) is 11.5. The summed E-state index contributed by atoms with van der Waals surface area (Å²) in [7, 11) is 1.67. The number of rotatable bonds is 3. The first-order valence-electron chi connectivity index (χ1n) is 5.18. The highest BCUT2D eigenvalue weighted by atomic mass is 16.5. The predicted octanol–water partition coefficient (Wildman–Crippen LogP) is 1.00. The van der Waals surface area contributed by atoms with Gasteiger partial charge in [-0.15, -0.1) is 0 Å². The van der Waals surface area contributed by atoms with E-state index >= 15 is 0 Å². The van der Waals surface area contributed by atoms with Crippen molar-refractivity contribution in [3.05, 3.63) is 23.9 Å². The zero-order valence-electron chi connectivity index (χ0n) is 9.09. The fourth-order valence-corrected chi connectivity index (χ4v) is 1.93. The van der Waals surface area contributed by atoms with Gasteiger partial charge in [-0.3, -0.25) is 0 Å². The molecular formula is C11H14N2O3. The Bertz CT molecular complexity index is 395. The lowest BCUT2D eigenvalue weighted by atomic mass is 10.2. The van der Waals surface area contributed by atoms with E-state index in [4.69, 9.17) is 9.84 Å². The molecule has 0 radical (unpaired) electrons. The Morgan fingerprint density at radius 1 is 1.69 bits per heavy atom. The van der Waals surface area contributed by atoms with Crippen molar-refractivity contribution in [2.24, 2.45) is 0 Å². The quantitative estimate of drug-likeness (QED) is 0.826. The Morgan fingerprint density at radius 2 is 2.50 bits per heavy atom. The van der Waals surface area contributed by atoms with E-state index in [1.165, 1.54) is 0 Å². The van der Waals surface area contributed by atoms with E-state index in [0.717, 1.165) is 13.0 Å². The number of aromatic nitrogens is 1. The standard InChI is InChI=1S/C11H14N2O3/c1-16-8-4-6-13(7-8)10-9(11(14)15)3-2-5-12-10/h2-3,5,8H,4,6-7H2,1H3,(H,14,15)/t8-/m0/s1. The normalized spacial score (nSPS) is 20.1. The molecule has 0 spiro atoms. The van der Waals surface area contributed by atoms with Crippen LogP contribution in [0.3, 0.4) is 0 Å². The molecule has 1 aromatic heterocycles. The van der Waals surface area contributed by atoms with E-state index in [1.54, 1.807) is 25.4 Å². The van der Waals surface area contributed by atoms with Crippen LogP contribution >= 0.6 is 0 Å². The summed E-state index contributed by atoms with van der Waals surface area (Å²) in [6.07, 6.45) is 2.69. The maximum absolute atomic E-state index is 11.0. The van der Waals surface area contributed by atoms with E-state index in [1.807, 2.05) is 4.90 Å². The van der Waals surface area contributed by atoms with Gasteiger partial charge in [0.2, 0.25) is 0 Å². The number of carbonyl (C=O) groups is 1. The molecule has 1 aromatic rings. The summed E-state index contributed by atoms with van der Waals surface area (Å²) in [5.41, 5.74) is 0.249. The number of anilines is 1. The van der Waals surface area contributed by atoms with Crippen molar-refractivity contribution >= 4 is 11.8 Å². The van der Waals surface area contributed by atoms with Gasteiger partial charge in [0.1, 0.15) is 11.4 Å². The molecule has 1 atom stereocenters. The van der Waals surface area contributed by atoms with E-state index in [0.29, 0.717) is 12.4 Å². The van der Waals surface area contributed by atoms with Crippen LogP contribution in [0.1, 0.15) is 16.8 Å². The van der Waals surface area contributed by atoms with E-state index in [9.17, 15) is 4.79 Å². The first-order chi connectivity index (χ1) is 7.72. The minimum atomic E-state index is -0.941. The molecule has 0 aliphatic carbocycles. The van der Waals surface area contributed by atoms with Crippen LogP contribution in [0.5, 0.6) is 0 Å². The molecule has 0 unspecified atom stereocenters. The maximum atomic E-state index is 11.0. The second-order valence-electron chi connectivity index (χ2n) is 3.77. The Kier molecular flexibility index (Phi) is 3.05. The molecule has 0 saturated carbocycles. The second kappa shape index (κ2) is 4.49. The zero-order valence-corrected chi connectivity index (χ0v) is 9.09.